The van der Waals surface area contributed by atoms with Gasteiger partial charge in [0, 0.05) is 17.6 Å². The number of hydrogen-bond donors (Lipinski definition) is 0. The maximum absolute atomic E-state index is 11.7. The highest BCUT2D eigenvalue weighted by atomic mass is 35.5. The van der Waals surface area contributed by atoms with Crippen molar-refractivity contribution in [3.8, 4) is 0 Å². The quantitative estimate of drug-likeness (QED) is 0.623. The minimum absolute atomic E-state index is 0.137. The summed E-state index contributed by atoms with van der Waals surface area (Å²) in [4.78, 5) is 14.7. The first-order chi connectivity index (χ1) is 10.1. The topological polar surface area (TPSA) is 20.3 Å². The van der Waals surface area contributed by atoms with Crippen molar-refractivity contribution in [2.75, 3.05) is 18.2 Å². The van der Waals surface area contributed by atoms with E-state index in [1.54, 1.807) is 16.7 Å². The number of likely N-dealkylation sites (N-methyl/N-ethyl adjacent to an activating group) is 1. The maximum atomic E-state index is 11.7. The van der Waals surface area contributed by atoms with Crippen molar-refractivity contribution in [1.29, 1.82) is 0 Å². The van der Waals surface area contributed by atoms with Gasteiger partial charge in [-0.2, -0.15) is 0 Å². The van der Waals surface area contributed by atoms with Crippen LogP contribution in [0.15, 0.2) is 47.4 Å². The van der Waals surface area contributed by atoms with E-state index in [2.05, 4.69) is 36.6 Å². The minimum atomic E-state index is -0.188. The Kier molecular flexibility index (Phi) is 3.96. The molecule has 21 heavy (non-hydrogen) atoms. The number of rotatable bonds is 3. The van der Waals surface area contributed by atoms with Crippen LogP contribution in [0.2, 0.25) is 0 Å². The molecule has 2 aromatic carbocycles. The van der Waals surface area contributed by atoms with Gasteiger partial charge in [-0.3, -0.25) is 4.79 Å². The highest BCUT2D eigenvalue weighted by Crippen LogP contribution is 2.35. The molecule has 0 spiro atoms. The van der Waals surface area contributed by atoms with Crippen LogP contribution >= 0.6 is 23.4 Å². The third kappa shape index (κ3) is 2.68. The largest absolute Gasteiger partial charge is 0.315 e. The molecule has 1 aliphatic rings. The normalized spacial score (nSPS) is 15.2. The molecule has 1 amide bonds. The molecule has 0 bridgehead atoms. The predicted octanol–water partition coefficient (Wildman–Crippen LogP) is 4.26. The summed E-state index contributed by atoms with van der Waals surface area (Å²) in [7, 11) is 1.81. The van der Waals surface area contributed by atoms with Crippen molar-refractivity contribution in [2.45, 2.75) is 16.7 Å². The molecule has 108 valence electrons. The van der Waals surface area contributed by atoms with E-state index >= 15 is 0 Å². The zero-order chi connectivity index (χ0) is 15.0. The molecule has 0 saturated heterocycles. The van der Waals surface area contributed by atoms with Gasteiger partial charge in [-0.1, -0.05) is 24.3 Å². The van der Waals surface area contributed by atoms with Gasteiger partial charge >= 0.3 is 0 Å². The molecule has 2 nitrogen and oxygen atoms in total. The number of halogens is 1. The van der Waals surface area contributed by atoms with E-state index < -0.39 is 0 Å². The third-order valence-corrected chi connectivity index (χ3v) is 5.13. The molecular formula is C17H16ClNOS. The molecule has 1 atom stereocenters. The third-order valence-electron chi connectivity index (χ3n) is 3.88. The van der Waals surface area contributed by atoms with Crippen molar-refractivity contribution in [1.82, 2.24) is 0 Å². The molecule has 0 radical (unpaired) electrons. The number of thioether (sulfide) groups is 1. The van der Waals surface area contributed by atoms with E-state index in [-0.39, 0.29) is 11.3 Å². The van der Waals surface area contributed by atoms with E-state index in [9.17, 15) is 4.79 Å². The summed E-state index contributed by atoms with van der Waals surface area (Å²) in [5, 5.41) is -0.188. The summed E-state index contributed by atoms with van der Waals surface area (Å²) in [5.41, 5.74) is 4.17. The molecule has 0 saturated carbocycles. The lowest BCUT2D eigenvalue weighted by molar-refractivity contribution is -0.117. The van der Waals surface area contributed by atoms with Gasteiger partial charge in [-0.25, -0.2) is 0 Å². The Hall–Kier alpha value is -1.45. The Morgan fingerprint density at radius 3 is 2.48 bits per heavy atom. The van der Waals surface area contributed by atoms with Crippen molar-refractivity contribution in [2.24, 2.45) is 0 Å². The Morgan fingerprint density at radius 2 is 1.81 bits per heavy atom. The average molecular weight is 318 g/mol. The van der Waals surface area contributed by atoms with E-state index in [0.29, 0.717) is 6.42 Å². The first-order valence-electron chi connectivity index (χ1n) is 6.77. The Labute approximate surface area is 134 Å². The summed E-state index contributed by atoms with van der Waals surface area (Å²) >= 11 is 8.31. The lowest BCUT2D eigenvalue weighted by Gasteiger charge is -2.14. The van der Waals surface area contributed by atoms with E-state index in [0.717, 1.165) is 22.4 Å². The van der Waals surface area contributed by atoms with Crippen molar-refractivity contribution in [3.63, 3.8) is 0 Å². The number of nitrogens with zero attached hydrogens (tertiary/aromatic N) is 1. The Morgan fingerprint density at radius 1 is 1.14 bits per heavy atom. The summed E-state index contributed by atoms with van der Waals surface area (Å²) in [6, 6.07) is 14.3. The van der Waals surface area contributed by atoms with Gasteiger partial charge in [0.15, 0.2) is 0 Å². The van der Waals surface area contributed by atoms with Crippen LogP contribution in [0.1, 0.15) is 22.1 Å². The number of amides is 1. The summed E-state index contributed by atoms with van der Waals surface area (Å²) < 4.78 is 0. The average Bonchev–Trinajstić information content (AvgIpc) is 2.81. The number of fused-ring (bicyclic) bond motifs is 1. The SMILES string of the molecule is CSc1ccc(C(Cl)c2ccc3c(c2)CC(=O)N3C)cc1. The first kappa shape index (κ1) is 14.5. The van der Waals surface area contributed by atoms with Crippen LogP contribution in [0, 0.1) is 0 Å². The molecule has 0 aliphatic carbocycles. The molecule has 3 rings (SSSR count). The van der Waals surface area contributed by atoms with Gasteiger partial charge in [-0.05, 0) is 41.1 Å². The lowest BCUT2D eigenvalue weighted by Crippen LogP contribution is -2.20. The molecule has 4 heteroatoms. The van der Waals surface area contributed by atoms with Crippen molar-refractivity contribution in [3.05, 3.63) is 59.2 Å². The van der Waals surface area contributed by atoms with Crippen LogP contribution in [-0.2, 0) is 11.2 Å². The predicted molar refractivity (Wildman–Crippen MR) is 89.5 cm³/mol. The van der Waals surface area contributed by atoms with Crippen LogP contribution in [0.25, 0.3) is 0 Å². The summed E-state index contributed by atoms with van der Waals surface area (Å²) in [5.74, 6) is 0.137. The van der Waals surface area contributed by atoms with Gasteiger partial charge in [0.1, 0.15) is 0 Å². The molecule has 0 fully saturated rings. The molecule has 1 aliphatic heterocycles. The number of anilines is 1. The van der Waals surface area contributed by atoms with Crippen molar-refractivity contribution >= 4 is 35.0 Å². The molecule has 0 N–H and O–H groups in total. The van der Waals surface area contributed by atoms with E-state index in [1.807, 2.05) is 19.2 Å². The van der Waals surface area contributed by atoms with Gasteiger partial charge in [-0.15, -0.1) is 23.4 Å². The van der Waals surface area contributed by atoms with Crippen molar-refractivity contribution < 1.29 is 4.79 Å². The molecule has 0 aromatic heterocycles. The van der Waals surface area contributed by atoms with Crippen LogP contribution in [-0.4, -0.2) is 19.2 Å². The standard InChI is InChI=1S/C17H16ClNOS/c1-19-15-8-5-12(9-13(15)10-16(19)20)17(18)11-3-6-14(21-2)7-4-11/h3-9,17H,10H2,1-2H3. The number of alkyl halides is 1. The van der Waals surface area contributed by atoms with E-state index in [4.69, 9.17) is 11.6 Å². The Bertz CT molecular complexity index is 684. The van der Waals surface area contributed by atoms with Gasteiger partial charge in [0.2, 0.25) is 5.91 Å². The number of hydrogen-bond acceptors (Lipinski definition) is 2. The molecular weight excluding hydrogens is 302 g/mol. The molecule has 2 aromatic rings. The lowest BCUT2D eigenvalue weighted by atomic mass is 10.0. The number of carbonyl (C=O) groups is 1. The molecule has 1 heterocycles. The first-order valence-corrected chi connectivity index (χ1v) is 8.43. The van der Waals surface area contributed by atoms with Gasteiger partial charge < -0.3 is 4.90 Å². The summed E-state index contributed by atoms with van der Waals surface area (Å²) in [6.45, 7) is 0. The Balaban J connectivity index is 1.90. The van der Waals surface area contributed by atoms with Crippen LogP contribution in [0.3, 0.4) is 0 Å². The second kappa shape index (κ2) is 5.74. The second-order valence-electron chi connectivity index (χ2n) is 5.15. The second-order valence-corrected chi connectivity index (χ2v) is 6.47. The fourth-order valence-electron chi connectivity index (χ4n) is 2.61. The van der Waals surface area contributed by atoms with Gasteiger partial charge in [0.25, 0.3) is 0 Å². The number of carbonyl (C=O) groups excluding carboxylic acids is 1. The van der Waals surface area contributed by atoms with Crippen LogP contribution < -0.4 is 4.90 Å². The van der Waals surface area contributed by atoms with Crippen LogP contribution in [0.5, 0.6) is 0 Å². The fourth-order valence-corrected chi connectivity index (χ4v) is 3.30. The van der Waals surface area contributed by atoms with E-state index in [1.165, 1.54) is 4.90 Å². The minimum Gasteiger partial charge on any atom is -0.315 e. The zero-order valence-corrected chi connectivity index (χ0v) is 13.5. The highest BCUT2D eigenvalue weighted by Gasteiger charge is 2.25. The summed E-state index contributed by atoms with van der Waals surface area (Å²) in [6.07, 6.45) is 2.52. The van der Waals surface area contributed by atoms with Gasteiger partial charge in [0.05, 0.1) is 11.8 Å². The zero-order valence-electron chi connectivity index (χ0n) is 12.0. The monoisotopic (exact) mass is 317 g/mol. The maximum Gasteiger partial charge on any atom is 0.231 e. The smallest absolute Gasteiger partial charge is 0.231 e. The van der Waals surface area contributed by atoms with Crippen LogP contribution in [0.4, 0.5) is 5.69 Å². The molecule has 1 unspecified atom stereocenters. The highest BCUT2D eigenvalue weighted by molar-refractivity contribution is 7.98. The fraction of sp³-hybridized carbons (Fsp3) is 0.235. The number of benzene rings is 2.